The van der Waals surface area contributed by atoms with Crippen LogP contribution < -0.4 is 10.1 Å². The third-order valence-electron chi connectivity index (χ3n) is 5.01. The first-order valence-electron chi connectivity index (χ1n) is 10.1. The number of amides is 1. The molecule has 1 N–H and O–H groups in total. The number of fused-ring (bicyclic) bond motifs is 1. The van der Waals surface area contributed by atoms with Gasteiger partial charge in [0.1, 0.15) is 5.75 Å². The molecule has 0 saturated heterocycles. The number of nitrogens with one attached hydrogen (secondary N) is 1. The fourth-order valence-corrected chi connectivity index (χ4v) is 3.26. The van der Waals surface area contributed by atoms with Crippen LogP contribution in [0.1, 0.15) is 44.2 Å². The average Bonchev–Trinajstić information content (AvgIpc) is 2.71. The molecule has 0 aliphatic heterocycles. The Hall–Kier alpha value is -2.81. The maximum Gasteiger partial charge on any atom is 0.260 e. The zero-order valence-corrected chi connectivity index (χ0v) is 16.9. The molecule has 3 rings (SSSR count). The van der Waals surface area contributed by atoms with Gasteiger partial charge in [-0.05, 0) is 48.3 Å². The Labute approximate surface area is 167 Å². The summed E-state index contributed by atoms with van der Waals surface area (Å²) in [5, 5.41) is 5.12. The summed E-state index contributed by atoms with van der Waals surface area (Å²) in [6.07, 6.45) is 1.33. The van der Waals surface area contributed by atoms with Crippen molar-refractivity contribution in [1.29, 1.82) is 0 Å². The highest BCUT2D eigenvalue weighted by atomic mass is 16.5. The van der Waals surface area contributed by atoms with Crippen molar-refractivity contribution < 1.29 is 9.53 Å². The first-order chi connectivity index (χ1) is 13.5. The second kappa shape index (κ2) is 9.41. The van der Waals surface area contributed by atoms with Crippen molar-refractivity contribution in [3.63, 3.8) is 0 Å². The molecule has 28 heavy (non-hydrogen) atoms. The summed E-state index contributed by atoms with van der Waals surface area (Å²) >= 11 is 0. The van der Waals surface area contributed by atoms with Gasteiger partial charge in [0.05, 0.1) is 0 Å². The van der Waals surface area contributed by atoms with Crippen LogP contribution in [-0.2, 0) is 11.2 Å². The SMILES string of the molecule is CC(Oc1cccc2ccccc12)C(=O)NCCCc1ccc(C(C)C)cc1. The van der Waals surface area contributed by atoms with Gasteiger partial charge in [-0.15, -0.1) is 0 Å². The quantitative estimate of drug-likeness (QED) is 0.530. The zero-order chi connectivity index (χ0) is 19.9. The van der Waals surface area contributed by atoms with Gasteiger partial charge in [-0.1, -0.05) is 74.5 Å². The van der Waals surface area contributed by atoms with E-state index in [9.17, 15) is 4.79 Å². The van der Waals surface area contributed by atoms with E-state index in [0.717, 1.165) is 29.4 Å². The second-order valence-electron chi connectivity index (χ2n) is 7.53. The molecule has 0 spiro atoms. The van der Waals surface area contributed by atoms with E-state index in [2.05, 4.69) is 43.4 Å². The molecule has 0 saturated carbocycles. The lowest BCUT2D eigenvalue weighted by atomic mass is 10.0. The lowest BCUT2D eigenvalue weighted by Gasteiger charge is -2.16. The van der Waals surface area contributed by atoms with Crippen LogP contribution in [0.15, 0.2) is 66.7 Å². The summed E-state index contributed by atoms with van der Waals surface area (Å²) in [7, 11) is 0. The molecular weight excluding hydrogens is 346 g/mol. The Morgan fingerprint density at radius 3 is 2.39 bits per heavy atom. The van der Waals surface area contributed by atoms with Gasteiger partial charge in [0, 0.05) is 11.9 Å². The summed E-state index contributed by atoms with van der Waals surface area (Å²) in [6, 6.07) is 22.7. The Bertz CT molecular complexity index is 910. The maximum atomic E-state index is 12.4. The van der Waals surface area contributed by atoms with Crippen molar-refractivity contribution in [2.24, 2.45) is 0 Å². The third kappa shape index (κ3) is 5.13. The van der Waals surface area contributed by atoms with E-state index < -0.39 is 6.10 Å². The normalized spacial score (nSPS) is 12.1. The van der Waals surface area contributed by atoms with Gasteiger partial charge in [0.15, 0.2) is 6.10 Å². The molecule has 0 aliphatic carbocycles. The number of ether oxygens (including phenoxy) is 1. The minimum Gasteiger partial charge on any atom is -0.480 e. The van der Waals surface area contributed by atoms with Gasteiger partial charge >= 0.3 is 0 Å². The number of rotatable bonds is 8. The van der Waals surface area contributed by atoms with Crippen LogP contribution in [0.5, 0.6) is 5.75 Å². The minimum atomic E-state index is -0.531. The molecule has 3 aromatic rings. The van der Waals surface area contributed by atoms with E-state index in [1.54, 1.807) is 6.92 Å². The Morgan fingerprint density at radius 2 is 1.64 bits per heavy atom. The molecule has 146 valence electrons. The van der Waals surface area contributed by atoms with Gasteiger partial charge in [-0.3, -0.25) is 4.79 Å². The molecular formula is C25H29NO2. The van der Waals surface area contributed by atoms with Gasteiger partial charge < -0.3 is 10.1 Å². The van der Waals surface area contributed by atoms with Crippen molar-refractivity contribution >= 4 is 16.7 Å². The second-order valence-corrected chi connectivity index (χ2v) is 7.53. The summed E-state index contributed by atoms with van der Waals surface area (Å²) < 4.78 is 5.93. The molecule has 0 aromatic heterocycles. The van der Waals surface area contributed by atoms with E-state index in [-0.39, 0.29) is 5.91 Å². The number of benzene rings is 3. The Balaban J connectivity index is 1.46. The highest BCUT2D eigenvalue weighted by Gasteiger charge is 2.15. The molecule has 3 heteroatoms. The standard InChI is InChI=1S/C25H29NO2/c1-18(2)21-15-13-20(14-16-21)8-7-17-26-25(27)19(3)28-24-12-6-10-22-9-4-5-11-23(22)24/h4-6,9-16,18-19H,7-8,17H2,1-3H3,(H,26,27). The van der Waals surface area contributed by atoms with Crippen LogP contribution in [0.3, 0.4) is 0 Å². The van der Waals surface area contributed by atoms with Crippen molar-refractivity contribution in [2.75, 3.05) is 6.54 Å². The Morgan fingerprint density at radius 1 is 0.929 bits per heavy atom. The summed E-state index contributed by atoms with van der Waals surface area (Å²) in [5.74, 6) is 1.21. The van der Waals surface area contributed by atoms with Crippen LogP contribution in [0.25, 0.3) is 10.8 Å². The molecule has 0 radical (unpaired) electrons. The Kier molecular flexibility index (Phi) is 6.70. The molecule has 0 bridgehead atoms. The van der Waals surface area contributed by atoms with Crippen LogP contribution >= 0.6 is 0 Å². The van der Waals surface area contributed by atoms with Crippen molar-refractivity contribution in [3.05, 3.63) is 77.9 Å². The number of carbonyl (C=O) groups is 1. The van der Waals surface area contributed by atoms with Crippen LogP contribution in [0.4, 0.5) is 0 Å². The van der Waals surface area contributed by atoms with Gasteiger partial charge in [0.2, 0.25) is 0 Å². The number of carbonyl (C=O) groups excluding carboxylic acids is 1. The molecule has 1 amide bonds. The molecule has 0 heterocycles. The third-order valence-corrected chi connectivity index (χ3v) is 5.01. The highest BCUT2D eigenvalue weighted by Crippen LogP contribution is 2.26. The predicted octanol–water partition coefficient (Wildman–Crippen LogP) is 5.48. The summed E-state index contributed by atoms with van der Waals surface area (Å²) in [6.45, 7) is 6.84. The van der Waals surface area contributed by atoms with Crippen molar-refractivity contribution in [3.8, 4) is 5.75 Å². The fraction of sp³-hybridized carbons (Fsp3) is 0.320. The summed E-state index contributed by atoms with van der Waals surface area (Å²) in [5.41, 5.74) is 2.66. The van der Waals surface area contributed by atoms with E-state index in [0.29, 0.717) is 12.5 Å². The highest BCUT2D eigenvalue weighted by molar-refractivity contribution is 5.89. The number of hydrogen-bond donors (Lipinski definition) is 1. The number of aryl methyl sites for hydroxylation is 1. The van der Waals surface area contributed by atoms with E-state index in [4.69, 9.17) is 4.74 Å². The largest absolute Gasteiger partial charge is 0.480 e. The van der Waals surface area contributed by atoms with Crippen molar-refractivity contribution in [1.82, 2.24) is 5.32 Å². The first kappa shape index (κ1) is 19.9. The molecule has 3 nitrogen and oxygen atoms in total. The zero-order valence-electron chi connectivity index (χ0n) is 16.9. The molecule has 1 atom stereocenters. The molecule has 0 fully saturated rings. The smallest absolute Gasteiger partial charge is 0.260 e. The summed E-state index contributed by atoms with van der Waals surface area (Å²) in [4.78, 5) is 12.4. The molecule has 1 unspecified atom stereocenters. The van der Waals surface area contributed by atoms with Crippen LogP contribution in [-0.4, -0.2) is 18.6 Å². The topological polar surface area (TPSA) is 38.3 Å². The van der Waals surface area contributed by atoms with E-state index >= 15 is 0 Å². The van der Waals surface area contributed by atoms with Gasteiger partial charge in [0.25, 0.3) is 5.91 Å². The maximum absolute atomic E-state index is 12.4. The minimum absolute atomic E-state index is 0.0805. The molecule has 3 aromatic carbocycles. The van der Waals surface area contributed by atoms with Crippen molar-refractivity contribution in [2.45, 2.75) is 45.6 Å². The lowest BCUT2D eigenvalue weighted by molar-refractivity contribution is -0.127. The number of hydrogen-bond acceptors (Lipinski definition) is 2. The van der Waals surface area contributed by atoms with Crippen LogP contribution in [0.2, 0.25) is 0 Å². The fourth-order valence-electron chi connectivity index (χ4n) is 3.26. The van der Waals surface area contributed by atoms with Crippen LogP contribution in [0, 0.1) is 0 Å². The van der Waals surface area contributed by atoms with E-state index in [1.165, 1.54) is 11.1 Å². The van der Waals surface area contributed by atoms with Gasteiger partial charge in [-0.2, -0.15) is 0 Å². The molecule has 0 aliphatic rings. The lowest BCUT2D eigenvalue weighted by Crippen LogP contribution is -2.37. The monoisotopic (exact) mass is 375 g/mol. The van der Waals surface area contributed by atoms with Gasteiger partial charge in [-0.25, -0.2) is 0 Å². The average molecular weight is 376 g/mol. The predicted molar refractivity (Wildman–Crippen MR) is 116 cm³/mol. The first-order valence-corrected chi connectivity index (χ1v) is 10.1. The van der Waals surface area contributed by atoms with E-state index in [1.807, 2.05) is 42.5 Å².